The standard InChI is InChI=1S/C19H24N2O4/c1-24-15-7-8-16-13(10-15)4-2-5-14(16)11-20-19(23)21-12-17(22)18-6-3-9-25-18/h3,6-10,14,17,22H,2,4-5,11-12H2,1H3,(H2,20,21,23)/t14-,17+/m1/s1. The van der Waals surface area contributed by atoms with Crippen LogP contribution in [0, 0.1) is 0 Å². The number of hydrogen-bond acceptors (Lipinski definition) is 4. The number of aryl methyl sites for hydroxylation is 1. The van der Waals surface area contributed by atoms with E-state index in [4.69, 9.17) is 9.15 Å². The van der Waals surface area contributed by atoms with Crippen molar-refractivity contribution in [2.45, 2.75) is 31.3 Å². The molecule has 0 fully saturated rings. The number of amides is 2. The van der Waals surface area contributed by atoms with Crippen LogP contribution in [-0.2, 0) is 6.42 Å². The fourth-order valence-corrected chi connectivity index (χ4v) is 3.28. The van der Waals surface area contributed by atoms with Crippen molar-refractivity contribution < 1.29 is 19.1 Å². The number of aliphatic hydroxyl groups is 1. The Labute approximate surface area is 147 Å². The van der Waals surface area contributed by atoms with Crippen molar-refractivity contribution in [2.75, 3.05) is 20.2 Å². The number of carbonyl (C=O) groups excluding carboxylic acids is 1. The molecule has 1 aliphatic carbocycles. The molecule has 134 valence electrons. The maximum atomic E-state index is 12.0. The SMILES string of the molecule is COc1ccc2c(c1)CCC[C@@H]2CNC(=O)NC[C@H](O)c1ccco1. The molecule has 2 amide bonds. The Morgan fingerprint density at radius 2 is 2.28 bits per heavy atom. The van der Waals surface area contributed by atoms with Gasteiger partial charge in [-0.15, -0.1) is 0 Å². The first-order valence-electron chi connectivity index (χ1n) is 8.57. The van der Waals surface area contributed by atoms with E-state index in [1.807, 2.05) is 6.07 Å². The Morgan fingerprint density at radius 3 is 3.04 bits per heavy atom. The fraction of sp³-hybridized carbons (Fsp3) is 0.421. The third kappa shape index (κ3) is 4.33. The van der Waals surface area contributed by atoms with Crippen molar-refractivity contribution in [1.29, 1.82) is 0 Å². The molecule has 0 saturated carbocycles. The first kappa shape index (κ1) is 17.4. The maximum Gasteiger partial charge on any atom is 0.314 e. The molecule has 0 unspecified atom stereocenters. The Balaban J connectivity index is 1.50. The summed E-state index contributed by atoms with van der Waals surface area (Å²) >= 11 is 0. The number of furan rings is 1. The number of urea groups is 1. The van der Waals surface area contributed by atoms with Crippen LogP contribution in [0.3, 0.4) is 0 Å². The van der Waals surface area contributed by atoms with Crippen molar-refractivity contribution in [3.05, 3.63) is 53.5 Å². The smallest absolute Gasteiger partial charge is 0.314 e. The molecule has 25 heavy (non-hydrogen) atoms. The molecule has 2 atom stereocenters. The van der Waals surface area contributed by atoms with Crippen LogP contribution in [0.15, 0.2) is 41.0 Å². The zero-order valence-corrected chi connectivity index (χ0v) is 14.3. The number of fused-ring (bicyclic) bond motifs is 1. The zero-order valence-electron chi connectivity index (χ0n) is 14.3. The Hall–Kier alpha value is -2.47. The van der Waals surface area contributed by atoms with Gasteiger partial charge >= 0.3 is 6.03 Å². The maximum absolute atomic E-state index is 12.0. The monoisotopic (exact) mass is 344 g/mol. The van der Waals surface area contributed by atoms with E-state index in [1.54, 1.807) is 19.2 Å². The van der Waals surface area contributed by atoms with Crippen LogP contribution in [0.25, 0.3) is 0 Å². The lowest BCUT2D eigenvalue weighted by molar-refractivity contribution is 0.148. The summed E-state index contributed by atoms with van der Waals surface area (Å²) in [5.74, 6) is 1.61. The summed E-state index contributed by atoms with van der Waals surface area (Å²) < 4.78 is 10.4. The van der Waals surface area contributed by atoms with Crippen LogP contribution in [0.1, 0.15) is 41.8 Å². The van der Waals surface area contributed by atoms with E-state index in [9.17, 15) is 9.90 Å². The number of methoxy groups -OCH3 is 1. The van der Waals surface area contributed by atoms with Crippen molar-refractivity contribution in [1.82, 2.24) is 10.6 Å². The molecule has 0 bridgehead atoms. The first-order chi connectivity index (χ1) is 12.2. The highest BCUT2D eigenvalue weighted by Gasteiger charge is 2.21. The lowest BCUT2D eigenvalue weighted by atomic mass is 9.82. The molecule has 0 spiro atoms. The van der Waals surface area contributed by atoms with Gasteiger partial charge in [0.25, 0.3) is 0 Å². The number of benzene rings is 1. The molecule has 0 saturated heterocycles. The van der Waals surface area contributed by atoms with Crippen molar-refractivity contribution in [2.24, 2.45) is 0 Å². The third-order valence-corrected chi connectivity index (χ3v) is 4.63. The van der Waals surface area contributed by atoms with E-state index >= 15 is 0 Å². The minimum absolute atomic E-state index is 0.109. The van der Waals surface area contributed by atoms with Gasteiger partial charge in [0.05, 0.1) is 19.9 Å². The van der Waals surface area contributed by atoms with Crippen LogP contribution in [0.4, 0.5) is 4.79 Å². The number of hydrogen-bond donors (Lipinski definition) is 3. The van der Waals surface area contributed by atoms with Gasteiger partial charge in [0, 0.05) is 12.5 Å². The van der Waals surface area contributed by atoms with Gasteiger partial charge in [-0.3, -0.25) is 0 Å². The molecule has 3 rings (SSSR count). The molecular weight excluding hydrogens is 320 g/mol. The van der Waals surface area contributed by atoms with Gasteiger partial charge in [0.1, 0.15) is 17.6 Å². The molecule has 6 heteroatoms. The summed E-state index contributed by atoms with van der Waals surface area (Å²) in [7, 11) is 1.67. The van der Waals surface area contributed by atoms with Crippen molar-refractivity contribution >= 4 is 6.03 Å². The zero-order chi connectivity index (χ0) is 17.6. The lowest BCUT2D eigenvalue weighted by Gasteiger charge is -2.26. The second kappa shape index (κ2) is 8.07. The summed E-state index contributed by atoms with van der Waals surface area (Å²) in [5.41, 5.74) is 2.58. The van der Waals surface area contributed by atoms with Crippen LogP contribution in [0.5, 0.6) is 5.75 Å². The van der Waals surface area contributed by atoms with E-state index in [0.29, 0.717) is 18.2 Å². The summed E-state index contributed by atoms with van der Waals surface area (Å²) in [6, 6.07) is 9.24. The highest BCUT2D eigenvalue weighted by Crippen LogP contribution is 2.33. The molecular formula is C19H24N2O4. The van der Waals surface area contributed by atoms with Gasteiger partial charge in [-0.1, -0.05) is 6.07 Å². The molecule has 1 aliphatic rings. The third-order valence-electron chi connectivity index (χ3n) is 4.63. The Bertz CT molecular complexity index is 699. The summed E-state index contributed by atoms with van der Waals surface area (Å²) in [6.45, 7) is 0.680. The summed E-state index contributed by atoms with van der Waals surface area (Å²) in [5, 5.41) is 15.5. The molecule has 0 radical (unpaired) electrons. The first-order valence-corrected chi connectivity index (χ1v) is 8.57. The molecule has 2 aromatic rings. The highest BCUT2D eigenvalue weighted by molar-refractivity contribution is 5.73. The van der Waals surface area contributed by atoms with E-state index < -0.39 is 6.10 Å². The molecule has 6 nitrogen and oxygen atoms in total. The molecule has 1 aromatic heterocycles. The minimum Gasteiger partial charge on any atom is -0.497 e. The second-order valence-electron chi connectivity index (χ2n) is 6.28. The number of rotatable bonds is 6. The van der Waals surface area contributed by atoms with Gasteiger partial charge in [-0.25, -0.2) is 4.79 Å². The molecule has 1 heterocycles. The molecule has 1 aromatic carbocycles. The fourth-order valence-electron chi connectivity index (χ4n) is 3.28. The predicted octanol–water partition coefficient (Wildman–Crippen LogP) is 2.74. The van der Waals surface area contributed by atoms with E-state index in [0.717, 1.165) is 25.0 Å². The van der Waals surface area contributed by atoms with Crippen LogP contribution >= 0.6 is 0 Å². The quantitative estimate of drug-likeness (QED) is 0.752. The van der Waals surface area contributed by atoms with Crippen LogP contribution in [-0.4, -0.2) is 31.3 Å². The van der Waals surface area contributed by atoms with E-state index in [1.165, 1.54) is 17.4 Å². The normalized spacial score (nSPS) is 17.4. The van der Waals surface area contributed by atoms with Gasteiger partial charge in [0.2, 0.25) is 0 Å². The minimum atomic E-state index is -0.844. The Morgan fingerprint density at radius 1 is 1.40 bits per heavy atom. The number of nitrogens with one attached hydrogen (secondary N) is 2. The van der Waals surface area contributed by atoms with E-state index in [2.05, 4.69) is 22.8 Å². The van der Waals surface area contributed by atoms with Gasteiger partial charge in [-0.2, -0.15) is 0 Å². The number of ether oxygens (including phenoxy) is 1. The molecule has 3 N–H and O–H groups in total. The van der Waals surface area contributed by atoms with Crippen LogP contribution in [0.2, 0.25) is 0 Å². The largest absolute Gasteiger partial charge is 0.497 e. The van der Waals surface area contributed by atoms with E-state index in [-0.39, 0.29) is 12.6 Å². The van der Waals surface area contributed by atoms with Gasteiger partial charge in [-0.05, 0) is 54.7 Å². The summed E-state index contributed by atoms with van der Waals surface area (Å²) in [4.78, 5) is 12.0. The van der Waals surface area contributed by atoms with Crippen LogP contribution < -0.4 is 15.4 Å². The van der Waals surface area contributed by atoms with Crippen molar-refractivity contribution in [3.63, 3.8) is 0 Å². The average molecular weight is 344 g/mol. The molecule has 0 aliphatic heterocycles. The second-order valence-corrected chi connectivity index (χ2v) is 6.28. The number of aliphatic hydroxyl groups excluding tert-OH is 1. The highest BCUT2D eigenvalue weighted by atomic mass is 16.5. The van der Waals surface area contributed by atoms with Gasteiger partial charge < -0.3 is 24.9 Å². The predicted molar refractivity (Wildman–Crippen MR) is 93.7 cm³/mol. The topological polar surface area (TPSA) is 83.7 Å². The summed E-state index contributed by atoms with van der Waals surface area (Å²) in [6.07, 6.45) is 3.85. The van der Waals surface area contributed by atoms with Crippen molar-refractivity contribution in [3.8, 4) is 5.75 Å². The Kier molecular flexibility index (Phi) is 5.60. The number of carbonyl (C=O) groups is 1. The average Bonchev–Trinajstić information content (AvgIpc) is 3.18. The van der Waals surface area contributed by atoms with Gasteiger partial charge in [0.15, 0.2) is 0 Å². The lowest BCUT2D eigenvalue weighted by Crippen LogP contribution is -2.40.